The summed E-state index contributed by atoms with van der Waals surface area (Å²) in [5, 5.41) is 11.3. The average molecular weight is 284 g/mol. The first-order chi connectivity index (χ1) is 10.3. The molecule has 0 saturated heterocycles. The lowest BCUT2D eigenvalue weighted by Gasteiger charge is -2.07. The molecular formula is C12H8N6O3. The third-order valence-electron chi connectivity index (χ3n) is 2.55. The average Bonchev–Trinajstić information content (AvgIpc) is 3.02. The summed E-state index contributed by atoms with van der Waals surface area (Å²) in [6.45, 7) is 0. The van der Waals surface area contributed by atoms with E-state index < -0.39 is 4.92 Å². The van der Waals surface area contributed by atoms with Crippen LogP contribution in [0.15, 0.2) is 49.6 Å². The Morgan fingerprint density at radius 1 is 1.24 bits per heavy atom. The maximum atomic E-state index is 11.3. The molecule has 9 nitrogen and oxygen atoms in total. The monoisotopic (exact) mass is 284 g/mol. The van der Waals surface area contributed by atoms with Gasteiger partial charge in [-0.2, -0.15) is 4.98 Å². The zero-order valence-electron chi connectivity index (χ0n) is 10.5. The molecule has 3 aromatic heterocycles. The van der Waals surface area contributed by atoms with E-state index in [2.05, 4.69) is 19.9 Å². The number of hydrogen-bond acceptors (Lipinski definition) is 7. The molecule has 0 spiro atoms. The zero-order chi connectivity index (χ0) is 14.7. The summed E-state index contributed by atoms with van der Waals surface area (Å²) in [5.41, 5.74) is -0.348. The molecule has 0 aromatic carbocycles. The molecule has 3 heterocycles. The van der Waals surface area contributed by atoms with Crippen molar-refractivity contribution in [3.8, 4) is 17.4 Å². The summed E-state index contributed by atoms with van der Waals surface area (Å²) in [6, 6.07) is 3.27. The van der Waals surface area contributed by atoms with E-state index in [1.54, 1.807) is 24.5 Å². The van der Waals surface area contributed by atoms with Gasteiger partial charge in [0, 0.05) is 18.6 Å². The van der Waals surface area contributed by atoms with E-state index in [4.69, 9.17) is 4.74 Å². The highest BCUT2D eigenvalue weighted by atomic mass is 16.6. The van der Waals surface area contributed by atoms with Crippen molar-refractivity contribution in [1.29, 1.82) is 0 Å². The summed E-state index contributed by atoms with van der Waals surface area (Å²) >= 11 is 0. The quantitative estimate of drug-likeness (QED) is 0.530. The lowest BCUT2D eigenvalue weighted by molar-refractivity contribution is -0.386. The molecule has 0 unspecified atom stereocenters. The fraction of sp³-hybridized carbons (Fsp3) is 0. The molecule has 0 N–H and O–H groups in total. The van der Waals surface area contributed by atoms with Crippen molar-refractivity contribution in [1.82, 2.24) is 24.5 Å². The Kier molecular flexibility index (Phi) is 3.21. The van der Waals surface area contributed by atoms with Gasteiger partial charge in [-0.3, -0.25) is 19.7 Å². The van der Waals surface area contributed by atoms with Crippen LogP contribution in [0.4, 0.5) is 5.69 Å². The zero-order valence-corrected chi connectivity index (χ0v) is 10.5. The van der Waals surface area contributed by atoms with Gasteiger partial charge in [-0.1, -0.05) is 0 Å². The minimum absolute atomic E-state index is 0.0754. The highest BCUT2D eigenvalue weighted by molar-refractivity contribution is 5.54. The molecule has 0 aliphatic heterocycles. The van der Waals surface area contributed by atoms with E-state index in [1.165, 1.54) is 29.6 Å². The molecule has 9 heteroatoms. The van der Waals surface area contributed by atoms with Crippen LogP contribution in [0, 0.1) is 10.1 Å². The molecule has 0 amide bonds. The topological polar surface area (TPSA) is 109 Å². The second kappa shape index (κ2) is 5.33. The number of nitrogens with zero attached hydrogens (tertiary/aromatic N) is 6. The number of imidazole rings is 1. The van der Waals surface area contributed by atoms with Crippen molar-refractivity contribution in [2.24, 2.45) is 0 Å². The van der Waals surface area contributed by atoms with Crippen LogP contribution in [0.5, 0.6) is 11.6 Å². The Labute approximate surface area is 118 Å². The second-order valence-electron chi connectivity index (χ2n) is 3.87. The number of pyridine rings is 1. The van der Waals surface area contributed by atoms with E-state index in [0.717, 1.165) is 0 Å². The van der Waals surface area contributed by atoms with Crippen molar-refractivity contribution in [3.05, 3.63) is 59.7 Å². The second-order valence-corrected chi connectivity index (χ2v) is 3.87. The van der Waals surface area contributed by atoms with Crippen LogP contribution in [0.3, 0.4) is 0 Å². The van der Waals surface area contributed by atoms with Crippen LogP contribution in [0.1, 0.15) is 0 Å². The Balaban J connectivity index is 2.09. The molecular weight excluding hydrogens is 276 g/mol. The molecule has 0 aliphatic carbocycles. The minimum atomic E-state index is -0.596. The van der Waals surface area contributed by atoms with E-state index in [-0.39, 0.29) is 17.4 Å². The van der Waals surface area contributed by atoms with E-state index in [0.29, 0.717) is 5.75 Å². The lowest BCUT2D eigenvalue weighted by Crippen LogP contribution is -2.05. The number of aromatic nitrogens is 5. The van der Waals surface area contributed by atoms with Crippen LogP contribution in [-0.4, -0.2) is 29.4 Å². The maximum Gasteiger partial charge on any atom is 0.374 e. The number of ether oxygens (including phenoxy) is 1. The molecule has 3 rings (SSSR count). The van der Waals surface area contributed by atoms with Gasteiger partial charge in [0.25, 0.3) is 0 Å². The Hall–Kier alpha value is -3.36. The number of hydrogen-bond donors (Lipinski definition) is 0. The summed E-state index contributed by atoms with van der Waals surface area (Å²) in [6.07, 6.45) is 8.63. The van der Waals surface area contributed by atoms with Crippen molar-refractivity contribution >= 4 is 5.69 Å². The molecule has 0 radical (unpaired) electrons. The molecule has 0 fully saturated rings. The summed E-state index contributed by atoms with van der Waals surface area (Å²) in [7, 11) is 0. The largest absolute Gasteiger partial charge is 0.432 e. The Morgan fingerprint density at radius 3 is 2.81 bits per heavy atom. The Bertz CT molecular complexity index is 760. The van der Waals surface area contributed by atoms with Gasteiger partial charge in [-0.05, 0) is 12.1 Å². The fourth-order valence-electron chi connectivity index (χ4n) is 1.68. The van der Waals surface area contributed by atoms with Gasteiger partial charge in [0.1, 0.15) is 18.4 Å². The van der Waals surface area contributed by atoms with Crippen molar-refractivity contribution in [2.45, 2.75) is 0 Å². The van der Waals surface area contributed by atoms with Crippen LogP contribution >= 0.6 is 0 Å². The van der Waals surface area contributed by atoms with Gasteiger partial charge in [-0.15, -0.1) is 0 Å². The SMILES string of the molecule is O=[N+]([O-])c1c(Oc2cccnc2)ncnc1-n1ccnc1. The molecule has 0 atom stereocenters. The molecule has 104 valence electrons. The van der Waals surface area contributed by atoms with Crippen LogP contribution in [0.25, 0.3) is 5.82 Å². The first-order valence-corrected chi connectivity index (χ1v) is 5.81. The fourth-order valence-corrected chi connectivity index (χ4v) is 1.68. The predicted molar refractivity (Wildman–Crippen MR) is 70.1 cm³/mol. The van der Waals surface area contributed by atoms with Gasteiger partial charge < -0.3 is 4.74 Å². The third kappa shape index (κ3) is 2.52. The van der Waals surface area contributed by atoms with E-state index in [1.807, 2.05) is 0 Å². The van der Waals surface area contributed by atoms with Crippen LogP contribution < -0.4 is 4.74 Å². The van der Waals surface area contributed by atoms with Crippen molar-refractivity contribution in [2.75, 3.05) is 0 Å². The Morgan fingerprint density at radius 2 is 2.14 bits per heavy atom. The molecule has 0 bridgehead atoms. The van der Waals surface area contributed by atoms with Crippen molar-refractivity contribution in [3.63, 3.8) is 0 Å². The van der Waals surface area contributed by atoms with Gasteiger partial charge in [0.2, 0.25) is 5.82 Å². The molecule has 21 heavy (non-hydrogen) atoms. The summed E-state index contributed by atoms with van der Waals surface area (Å²) in [5.74, 6) is 0.258. The number of rotatable bonds is 4. The van der Waals surface area contributed by atoms with Gasteiger partial charge in [0.05, 0.1) is 11.1 Å². The van der Waals surface area contributed by atoms with E-state index >= 15 is 0 Å². The summed E-state index contributed by atoms with van der Waals surface area (Å²) in [4.78, 5) is 26.2. The van der Waals surface area contributed by atoms with Crippen molar-refractivity contribution < 1.29 is 9.66 Å². The standard InChI is InChI=1S/C12H8N6O3/c19-18(20)10-11(17-5-4-14-8-17)15-7-16-12(10)21-9-2-1-3-13-6-9/h1-8H. The molecule has 0 saturated carbocycles. The van der Waals surface area contributed by atoms with Crippen LogP contribution in [-0.2, 0) is 0 Å². The molecule has 3 aromatic rings. The van der Waals surface area contributed by atoms with Gasteiger partial charge in [-0.25, -0.2) is 9.97 Å². The van der Waals surface area contributed by atoms with Crippen LogP contribution in [0.2, 0.25) is 0 Å². The number of nitro groups is 1. The maximum absolute atomic E-state index is 11.3. The van der Waals surface area contributed by atoms with Gasteiger partial charge >= 0.3 is 11.6 Å². The predicted octanol–water partition coefficient (Wildman–Crippen LogP) is 1.76. The first kappa shape index (κ1) is 12.7. The smallest absolute Gasteiger partial charge is 0.374 e. The van der Waals surface area contributed by atoms with Gasteiger partial charge in [0.15, 0.2) is 0 Å². The minimum Gasteiger partial charge on any atom is -0.432 e. The highest BCUT2D eigenvalue weighted by Gasteiger charge is 2.26. The normalized spacial score (nSPS) is 10.3. The summed E-state index contributed by atoms with van der Waals surface area (Å²) < 4.78 is 6.83. The third-order valence-corrected chi connectivity index (χ3v) is 2.55. The highest BCUT2D eigenvalue weighted by Crippen LogP contribution is 2.32. The van der Waals surface area contributed by atoms with E-state index in [9.17, 15) is 10.1 Å². The molecule has 0 aliphatic rings. The first-order valence-electron chi connectivity index (χ1n) is 5.81. The lowest BCUT2D eigenvalue weighted by atomic mass is 10.4.